The number of cyclic esters (lactones) is 1. The van der Waals surface area contributed by atoms with Crippen molar-refractivity contribution in [2.75, 3.05) is 0 Å². The van der Waals surface area contributed by atoms with Gasteiger partial charge in [0.05, 0.1) is 11.1 Å². The second kappa shape index (κ2) is 8.48. The van der Waals surface area contributed by atoms with Gasteiger partial charge in [0.2, 0.25) is 0 Å². The minimum absolute atomic E-state index is 0.104. The van der Waals surface area contributed by atoms with E-state index in [-0.39, 0.29) is 33.4 Å². The summed E-state index contributed by atoms with van der Waals surface area (Å²) in [6.07, 6.45) is -2.32. The van der Waals surface area contributed by atoms with Crippen molar-refractivity contribution < 1.29 is 44.3 Å². The Balaban J connectivity index is 2.28. The third kappa shape index (κ3) is 3.76. The Morgan fingerprint density at radius 3 is 1.50 bits per heavy atom. The van der Waals surface area contributed by atoms with Crippen LogP contribution in [0.25, 0.3) is 0 Å². The van der Waals surface area contributed by atoms with E-state index in [1.54, 1.807) is 0 Å². The number of aryl methyl sites for hydroxylation is 2. The molecule has 1 atom stereocenters. The zero-order chi connectivity index (χ0) is 25.7. The Kier molecular flexibility index (Phi) is 6.17. The molecule has 0 saturated carbocycles. The molecule has 0 amide bonds. The van der Waals surface area contributed by atoms with Gasteiger partial charge in [0.25, 0.3) is 0 Å². The van der Waals surface area contributed by atoms with E-state index in [0.717, 1.165) is 0 Å². The Labute approximate surface area is 195 Å². The lowest BCUT2D eigenvalue weighted by Crippen LogP contribution is -2.39. The Hall–Kier alpha value is -3.88. The number of phenols is 4. The zero-order valence-corrected chi connectivity index (χ0v) is 19.5. The molecule has 180 valence electrons. The van der Waals surface area contributed by atoms with Gasteiger partial charge in [-0.15, -0.1) is 0 Å². The highest BCUT2D eigenvalue weighted by atomic mass is 16.6. The van der Waals surface area contributed by atoms with Crippen molar-refractivity contribution in [3.05, 3.63) is 45.5 Å². The maximum absolute atomic E-state index is 13.3. The lowest BCUT2D eigenvalue weighted by molar-refractivity contribution is -0.148. The lowest BCUT2D eigenvalue weighted by atomic mass is 9.72. The number of benzene rings is 2. The molecule has 0 aromatic heterocycles. The summed E-state index contributed by atoms with van der Waals surface area (Å²) in [5, 5.41) is 42.8. The maximum atomic E-state index is 13.3. The van der Waals surface area contributed by atoms with Crippen LogP contribution in [0, 0.1) is 19.3 Å². The molecule has 2 aromatic carbocycles. The van der Waals surface area contributed by atoms with E-state index in [1.807, 2.05) is 0 Å². The molecule has 0 spiro atoms. The SMILES string of the molecule is CC(=O)c1cc(C)c(O)c(CC2(Cc3c(O)c(C)cc(C(C)=O)c3O)C(=O)O[C@@H](C)C2=O)c1O. The Morgan fingerprint density at radius 2 is 1.21 bits per heavy atom. The number of rotatable bonds is 6. The molecule has 4 N–H and O–H groups in total. The fraction of sp³-hybridized carbons (Fsp3) is 0.360. The van der Waals surface area contributed by atoms with Gasteiger partial charge >= 0.3 is 5.97 Å². The first-order valence-corrected chi connectivity index (χ1v) is 10.6. The normalized spacial score (nSPS) is 17.0. The fourth-order valence-electron chi connectivity index (χ4n) is 4.40. The largest absolute Gasteiger partial charge is 0.507 e. The first kappa shape index (κ1) is 24.8. The quantitative estimate of drug-likeness (QED) is 0.283. The lowest BCUT2D eigenvalue weighted by Gasteiger charge is -2.26. The summed E-state index contributed by atoms with van der Waals surface area (Å²) in [6.45, 7) is 6.77. The molecule has 1 aliphatic rings. The first-order valence-electron chi connectivity index (χ1n) is 10.6. The van der Waals surface area contributed by atoms with Crippen molar-refractivity contribution in [1.29, 1.82) is 0 Å². The number of carbonyl (C=O) groups is 4. The molecule has 1 aliphatic heterocycles. The third-order valence-corrected chi connectivity index (χ3v) is 6.35. The molecule has 34 heavy (non-hydrogen) atoms. The molecule has 0 bridgehead atoms. The number of hydrogen-bond acceptors (Lipinski definition) is 9. The number of hydrogen-bond donors (Lipinski definition) is 4. The third-order valence-electron chi connectivity index (χ3n) is 6.35. The van der Waals surface area contributed by atoms with Gasteiger partial charge in [0.15, 0.2) is 23.5 Å². The van der Waals surface area contributed by atoms with Crippen LogP contribution in [0.4, 0.5) is 0 Å². The van der Waals surface area contributed by atoms with Gasteiger partial charge in [-0.3, -0.25) is 19.2 Å². The molecule has 9 nitrogen and oxygen atoms in total. The van der Waals surface area contributed by atoms with E-state index < -0.39 is 70.7 Å². The second-order valence-electron chi connectivity index (χ2n) is 8.79. The first-order chi connectivity index (χ1) is 15.7. The van der Waals surface area contributed by atoms with Crippen LogP contribution in [-0.4, -0.2) is 49.8 Å². The maximum Gasteiger partial charge on any atom is 0.321 e. The van der Waals surface area contributed by atoms with Crippen molar-refractivity contribution in [1.82, 2.24) is 0 Å². The van der Waals surface area contributed by atoms with E-state index >= 15 is 0 Å². The van der Waals surface area contributed by atoms with Crippen molar-refractivity contribution in [2.24, 2.45) is 5.41 Å². The van der Waals surface area contributed by atoms with Crippen LogP contribution in [-0.2, 0) is 27.2 Å². The highest BCUT2D eigenvalue weighted by molar-refractivity contribution is 6.11. The Morgan fingerprint density at radius 1 is 0.824 bits per heavy atom. The van der Waals surface area contributed by atoms with Crippen LogP contribution in [0.1, 0.15) is 63.7 Å². The molecule has 1 fully saturated rings. The van der Waals surface area contributed by atoms with Crippen molar-refractivity contribution in [3.8, 4) is 23.0 Å². The predicted molar refractivity (Wildman–Crippen MR) is 119 cm³/mol. The zero-order valence-electron chi connectivity index (χ0n) is 19.5. The number of aromatic hydroxyl groups is 4. The highest BCUT2D eigenvalue weighted by Crippen LogP contribution is 2.47. The van der Waals surface area contributed by atoms with Gasteiger partial charge in [-0.2, -0.15) is 0 Å². The molecule has 0 radical (unpaired) electrons. The number of ketones is 3. The summed E-state index contributed by atoms with van der Waals surface area (Å²) in [5.74, 6) is -4.68. The predicted octanol–water partition coefficient (Wildman–Crippen LogP) is 2.82. The van der Waals surface area contributed by atoms with E-state index in [9.17, 15) is 39.6 Å². The van der Waals surface area contributed by atoms with Gasteiger partial charge in [-0.25, -0.2) is 0 Å². The number of Topliss-reactive ketones (excluding diaryl/α,β-unsaturated/α-hetero) is 3. The van der Waals surface area contributed by atoms with Gasteiger partial charge < -0.3 is 25.2 Å². The number of esters is 1. The summed E-state index contributed by atoms with van der Waals surface area (Å²) in [7, 11) is 0. The Bertz CT molecular complexity index is 1180. The van der Waals surface area contributed by atoms with E-state index in [4.69, 9.17) is 4.74 Å². The van der Waals surface area contributed by atoms with Crippen molar-refractivity contribution >= 4 is 23.3 Å². The molecule has 9 heteroatoms. The van der Waals surface area contributed by atoms with E-state index in [1.165, 1.54) is 46.8 Å². The standard InChI is InChI=1S/C25H26O9/c1-10-6-15(12(3)26)21(30)17(19(10)28)8-25(23(32)14(5)34-24(25)33)9-18-20(29)11(2)7-16(13(4)27)22(18)31/h6-7,14,28-31H,8-9H2,1-5H3/t14-/m0/s1. The second-order valence-corrected chi connectivity index (χ2v) is 8.79. The summed E-state index contributed by atoms with van der Waals surface area (Å²) in [5.41, 5.74) is -2.24. The number of phenolic OH excluding ortho intramolecular Hbond substituents is 4. The minimum atomic E-state index is -2.06. The molecule has 1 saturated heterocycles. The van der Waals surface area contributed by atoms with Crippen LogP contribution in [0.2, 0.25) is 0 Å². The monoisotopic (exact) mass is 470 g/mol. The summed E-state index contributed by atoms with van der Waals surface area (Å²) in [4.78, 5) is 50.4. The number of ether oxygens (including phenoxy) is 1. The van der Waals surface area contributed by atoms with Gasteiger partial charge in [-0.05, 0) is 57.9 Å². The molecular formula is C25H26O9. The minimum Gasteiger partial charge on any atom is -0.507 e. The topological polar surface area (TPSA) is 158 Å². The van der Waals surface area contributed by atoms with Crippen LogP contribution in [0.3, 0.4) is 0 Å². The average molecular weight is 470 g/mol. The van der Waals surface area contributed by atoms with Crippen molar-refractivity contribution in [3.63, 3.8) is 0 Å². The van der Waals surface area contributed by atoms with Crippen LogP contribution < -0.4 is 0 Å². The summed E-state index contributed by atoms with van der Waals surface area (Å²) in [6, 6.07) is 2.58. The smallest absolute Gasteiger partial charge is 0.321 e. The molecule has 0 aliphatic carbocycles. The molecule has 2 aromatic rings. The molecular weight excluding hydrogens is 444 g/mol. The van der Waals surface area contributed by atoms with Gasteiger partial charge in [-0.1, -0.05) is 0 Å². The van der Waals surface area contributed by atoms with Crippen molar-refractivity contribution in [2.45, 2.75) is 53.6 Å². The summed E-state index contributed by atoms with van der Waals surface area (Å²) < 4.78 is 5.16. The van der Waals surface area contributed by atoms with E-state index in [2.05, 4.69) is 0 Å². The molecule has 3 rings (SSSR count). The molecule has 0 unspecified atom stereocenters. The highest BCUT2D eigenvalue weighted by Gasteiger charge is 2.57. The number of carbonyl (C=O) groups excluding carboxylic acids is 4. The molecule has 1 heterocycles. The average Bonchev–Trinajstić information content (AvgIpc) is 2.96. The van der Waals surface area contributed by atoms with E-state index in [0.29, 0.717) is 0 Å². The van der Waals surface area contributed by atoms with Crippen LogP contribution >= 0.6 is 0 Å². The summed E-state index contributed by atoms with van der Waals surface area (Å²) >= 11 is 0. The van der Waals surface area contributed by atoms with Crippen LogP contribution in [0.5, 0.6) is 23.0 Å². The van der Waals surface area contributed by atoms with Gasteiger partial charge in [0, 0.05) is 24.0 Å². The fourth-order valence-corrected chi connectivity index (χ4v) is 4.40. The van der Waals surface area contributed by atoms with Crippen LogP contribution in [0.15, 0.2) is 12.1 Å². The van der Waals surface area contributed by atoms with Gasteiger partial charge in [0.1, 0.15) is 28.4 Å².